The predicted octanol–water partition coefficient (Wildman–Crippen LogP) is 7.18. The fourth-order valence-electron chi connectivity index (χ4n) is 8.25. The number of nitrogens with one attached hydrogen (secondary N) is 2. The highest BCUT2D eigenvalue weighted by molar-refractivity contribution is 6.02. The van der Waals surface area contributed by atoms with Crippen molar-refractivity contribution in [1.82, 2.24) is 5.32 Å². The van der Waals surface area contributed by atoms with Gasteiger partial charge >= 0.3 is 17.9 Å². The Morgan fingerprint density at radius 3 is 2.30 bits per heavy atom. The van der Waals surface area contributed by atoms with E-state index in [4.69, 9.17) is 28.4 Å². The first kappa shape index (κ1) is 53.3. The van der Waals surface area contributed by atoms with Gasteiger partial charge in [-0.25, -0.2) is 4.79 Å². The molecule has 17 heteroatoms. The number of benzene rings is 3. The Hall–Kier alpha value is -6.62. The Morgan fingerprint density at radius 1 is 0.928 bits per heavy atom. The number of aromatic hydroxyl groups is 2. The number of cyclic esters (lactones) is 2. The molecule has 69 heavy (non-hydrogen) atoms. The number of carbonyl (C=O) groups is 6. The molecule has 2 amide bonds. The summed E-state index contributed by atoms with van der Waals surface area (Å²) in [7, 11) is 1.56. The molecule has 3 heterocycles. The van der Waals surface area contributed by atoms with E-state index in [1.165, 1.54) is 38.1 Å². The SMILES string of the molecule is CCCCCC1C(=O)OC(C)C(NC(=O)c2cccc(NC=O)c2O)C(=O)OC(C)C1OC(=O)CC(C)C.COc1c(CC(=O)c2cc3c(cc2O)OC(C)(C)C(O)C3)ccc2c1C=CC(C)(C)O2. The molecule has 6 unspecified atom stereocenters. The minimum absolute atomic E-state index is 0.00114. The van der Waals surface area contributed by atoms with Crippen LogP contribution in [-0.4, -0.2) is 100 Å². The van der Waals surface area contributed by atoms with Crippen LogP contribution < -0.4 is 24.8 Å². The fraction of sp³-hybridized carbons (Fsp3) is 0.500. The summed E-state index contributed by atoms with van der Waals surface area (Å²) in [6, 6.07) is 9.43. The standard InChI is InChI=1S/C27H38N2O9.C25H28O6/c1-6-7-8-10-19-24(38-21(31)13-15(2)3)17(5)37-27(35)22(16(4)36-26(19)34)29-25(33)18-11-9-12-20(23(18)32)28-14-30;1-24(2)9-8-16-20(30-24)7-6-14(23(16)29-5)11-18(26)17-10-15-12-22(28)25(3,4)31-21(15)13-19(17)27/h9,11-12,14-17,19,22,24,32H,6-8,10,13H2,1-5H3,(H,28,30)(H,29,33);6-10,13,22,27-28H,11-12H2,1-5H3. The highest BCUT2D eigenvalue weighted by Crippen LogP contribution is 2.41. The number of rotatable bonds is 15. The lowest BCUT2D eigenvalue weighted by Crippen LogP contribution is -2.50. The van der Waals surface area contributed by atoms with Crippen LogP contribution >= 0.6 is 0 Å². The molecular formula is C52H66N2O15. The van der Waals surface area contributed by atoms with Gasteiger partial charge in [-0.05, 0) is 95.9 Å². The van der Waals surface area contributed by atoms with Crippen molar-refractivity contribution in [2.75, 3.05) is 12.4 Å². The van der Waals surface area contributed by atoms with E-state index < -0.39 is 77.1 Å². The number of hydrogen-bond acceptors (Lipinski definition) is 15. The minimum atomic E-state index is -1.42. The molecule has 6 atom stereocenters. The summed E-state index contributed by atoms with van der Waals surface area (Å²) in [6.45, 7) is 16.2. The third-order valence-corrected chi connectivity index (χ3v) is 12.1. The van der Waals surface area contributed by atoms with Crippen molar-refractivity contribution in [3.05, 3.63) is 76.4 Å². The topological polar surface area (TPSA) is 243 Å². The molecule has 1 fully saturated rings. The summed E-state index contributed by atoms with van der Waals surface area (Å²) in [6.07, 6.45) is 3.66. The quantitative estimate of drug-likeness (QED) is 0.0253. The van der Waals surface area contributed by atoms with E-state index in [1.54, 1.807) is 27.0 Å². The number of ether oxygens (including phenoxy) is 6. The second-order valence-corrected chi connectivity index (χ2v) is 19.1. The van der Waals surface area contributed by atoms with E-state index >= 15 is 0 Å². The third kappa shape index (κ3) is 13.1. The molecule has 0 spiro atoms. The Bertz CT molecular complexity index is 2420. The number of amides is 2. The zero-order chi connectivity index (χ0) is 51.0. The molecule has 17 nitrogen and oxygen atoms in total. The molecule has 1 saturated heterocycles. The monoisotopic (exact) mass is 958 g/mol. The van der Waals surface area contributed by atoms with Crippen LogP contribution in [0, 0.1) is 11.8 Å². The Kier molecular flexibility index (Phi) is 17.5. The Labute approximate surface area is 402 Å². The van der Waals surface area contributed by atoms with Crippen molar-refractivity contribution < 1.29 is 72.5 Å². The average Bonchev–Trinajstić information content (AvgIpc) is 3.29. The van der Waals surface area contributed by atoms with Crippen molar-refractivity contribution in [2.24, 2.45) is 11.8 Å². The number of fused-ring (bicyclic) bond motifs is 2. The van der Waals surface area contributed by atoms with Crippen molar-refractivity contribution in [1.29, 1.82) is 0 Å². The zero-order valence-electron chi connectivity index (χ0n) is 41.0. The lowest BCUT2D eigenvalue weighted by molar-refractivity contribution is -0.175. The number of methoxy groups -OCH3 is 1. The van der Waals surface area contributed by atoms with Gasteiger partial charge in [0.25, 0.3) is 5.91 Å². The van der Waals surface area contributed by atoms with Crippen molar-refractivity contribution >= 4 is 47.8 Å². The van der Waals surface area contributed by atoms with Crippen LogP contribution in [0.25, 0.3) is 6.08 Å². The molecule has 3 aromatic rings. The number of para-hydroxylation sites is 1. The molecule has 0 aromatic heterocycles. The summed E-state index contributed by atoms with van der Waals surface area (Å²) >= 11 is 0. The first-order valence-electron chi connectivity index (χ1n) is 23.3. The highest BCUT2D eigenvalue weighted by atomic mass is 16.6. The highest BCUT2D eigenvalue weighted by Gasteiger charge is 2.44. The van der Waals surface area contributed by atoms with E-state index in [2.05, 4.69) is 10.6 Å². The first-order valence-corrected chi connectivity index (χ1v) is 23.3. The largest absolute Gasteiger partial charge is 0.507 e. The maximum atomic E-state index is 13.3. The van der Waals surface area contributed by atoms with Crippen LogP contribution in [0.3, 0.4) is 0 Å². The smallest absolute Gasteiger partial charge is 0.332 e. The third-order valence-electron chi connectivity index (χ3n) is 12.1. The molecule has 0 bridgehead atoms. The van der Waals surface area contributed by atoms with Gasteiger partial charge in [0.1, 0.15) is 46.4 Å². The number of aliphatic hydroxyl groups excluding tert-OH is 1. The van der Waals surface area contributed by atoms with Gasteiger partial charge in [0.05, 0.1) is 41.5 Å². The zero-order valence-corrected chi connectivity index (χ0v) is 41.0. The predicted molar refractivity (Wildman–Crippen MR) is 254 cm³/mol. The number of carbonyl (C=O) groups excluding carboxylic acids is 6. The van der Waals surface area contributed by atoms with Crippen LogP contribution in [0.15, 0.2) is 48.5 Å². The van der Waals surface area contributed by atoms with E-state index in [9.17, 15) is 44.1 Å². The lowest BCUT2D eigenvalue weighted by Gasteiger charge is -2.37. The van der Waals surface area contributed by atoms with Crippen LogP contribution in [0.4, 0.5) is 5.69 Å². The summed E-state index contributed by atoms with van der Waals surface area (Å²) < 4.78 is 34.3. The number of Topliss-reactive ketones (excluding diaryl/α,β-unsaturated/α-hetero) is 1. The van der Waals surface area contributed by atoms with E-state index in [-0.39, 0.29) is 47.1 Å². The number of phenolic OH excluding ortho intramolecular Hbond substituents is 2. The van der Waals surface area contributed by atoms with Gasteiger partial charge in [-0.3, -0.25) is 24.0 Å². The van der Waals surface area contributed by atoms with Gasteiger partial charge in [-0.2, -0.15) is 0 Å². The van der Waals surface area contributed by atoms with Crippen molar-refractivity contribution in [3.63, 3.8) is 0 Å². The van der Waals surface area contributed by atoms with Crippen molar-refractivity contribution in [2.45, 2.75) is 149 Å². The number of hydrogen-bond donors (Lipinski definition) is 5. The first-order chi connectivity index (χ1) is 32.5. The molecule has 3 aromatic carbocycles. The number of phenols is 2. The molecule has 3 aliphatic heterocycles. The van der Waals surface area contributed by atoms with Crippen LogP contribution in [0.1, 0.15) is 132 Å². The summed E-state index contributed by atoms with van der Waals surface area (Å²) in [4.78, 5) is 75.8. The maximum Gasteiger partial charge on any atom is 0.332 e. The maximum absolute atomic E-state index is 13.3. The molecule has 6 rings (SSSR count). The number of aliphatic hydroxyl groups is 1. The molecule has 3 aliphatic rings. The Morgan fingerprint density at radius 2 is 1.64 bits per heavy atom. The normalized spacial score (nSPS) is 22.1. The van der Waals surface area contributed by atoms with Crippen LogP contribution in [0.5, 0.6) is 28.7 Å². The minimum Gasteiger partial charge on any atom is -0.507 e. The number of esters is 3. The average molecular weight is 959 g/mol. The Balaban J connectivity index is 0.000000262. The second-order valence-electron chi connectivity index (χ2n) is 19.1. The summed E-state index contributed by atoms with van der Waals surface area (Å²) in [5.41, 5.74) is 1.00. The molecule has 5 N–H and O–H groups in total. The number of ketones is 1. The van der Waals surface area contributed by atoms with Crippen molar-refractivity contribution in [3.8, 4) is 28.7 Å². The summed E-state index contributed by atoms with van der Waals surface area (Å²) in [5.74, 6) is -2.90. The van der Waals surface area contributed by atoms with Gasteiger partial charge in [-0.15, -0.1) is 0 Å². The molecule has 0 saturated carbocycles. The van der Waals surface area contributed by atoms with E-state index in [1.807, 2.05) is 58.9 Å². The number of anilines is 1. The summed E-state index contributed by atoms with van der Waals surface area (Å²) in [5, 5.41) is 35.9. The van der Waals surface area contributed by atoms with Gasteiger partial charge in [0.15, 0.2) is 23.7 Å². The molecule has 0 radical (unpaired) electrons. The lowest BCUT2D eigenvalue weighted by atomic mass is 9.89. The molecule has 0 aliphatic carbocycles. The van der Waals surface area contributed by atoms with E-state index in [0.717, 1.165) is 18.4 Å². The molecule has 374 valence electrons. The van der Waals surface area contributed by atoms with Crippen LogP contribution in [0.2, 0.25) is 0 Å². The number of unbranched alkanes of at least 4 members (excludes halogenated alkanes) is 2. The molecular weight excluding hydrogens is 893 g/mol. The van der Waals surface area contributed by atoms with Gasteiger partial charge in [-0.1, -0.05) is 52.2 Å². The second kappa shape index (κ2) is 22.7. The fourth-order valence-corrected chi connectivity index (χ4v) is 8.25. The van der Waals surface area contributed by atoms with Crippen LogP contribution in [-0.2, 0) is 46.2 Å². The van der Waals surface area contributed by atoms with Gasteiger partial charge in [0, 0.05) is 30.9 Å². The van der Waals surface area contributed by atoms with E-state index in [0.29, 0.717) is 54.0 Å². The van der Waals surface area contributed by atoms with Gasteiger partial charge in [0.2, 0.25) is 6.41 Å². The van der Waals surface area contributed by atoms with Gasteiger partial charge < -0.3 is 54.4 Å².